The molecule has 7 nitrogen and oxygen atoms in total. The molecule has 0 spiro atoms. The average Bonchev–Trinajstić information content (AvgIpc) is 2.85. The van der Waals surface area contributed by atoms with Crippen LogP contribution in [0.1, 0.15) is 46.7 Å². The van der Waals surface area contributed by atoms with E-state index in [4.69, 9.17) is 9.47 Å². The molecule has 0 radical (unpaired) electrons. The van der Waals surface area contributed by atoms with Crippen LogP contribution in [-0.4, -0.2) is 58.2 Å². The maximum atomic E-state index is 12.5. The lowest BCUT2D eigenvalue weighted by Crippen LogP contribution is -2.51. The molecule has 1 aromatic rings. The zero-order valence-electron chi connectivity index (χ0n) is 16.3. The first-order valence-electron chi connectivity index (χ1n) is 9.06. The highest BCUT2D eigenvalue weighted by molar-refractivity contribution is 5.68. The Labute approximate surface area is 150 Å². The van der Waals surface area contributed by atoms with Gasteiger partial charge in [-0.1, -0.05) is 6.92 Å². The fourth-order valence-electron chi connectivity index (χ4n) is 3.06. The van der Waals surface area contributed by atoms with Gasteiger partial charge in [0.25, 0.3) is 0 Å². The van der Waals surface area contributed by atoms with Crippen molar-refractivity contribution in [2.75, 3.05) is 25.1 Å². The summed E-state index contributed by atoms with van der Waals surface area (Å²) < 4.78 is 13.0. The van der Waals surface area contributed by atoms with Crippen molar-refractivity contribution < 1.29 is 14.3 Å². The van der Waals surface area contributed by atoms with Gasteiger partial charge in [0, 0.05) is 25.8 Å². The van der Waals surface area contributed by atoms with Crippen LogP contribution in [-0.2, 0) is 22.9 Å². The van der Waals surface area contributed by atoms with E-state index in [1.807, 2.05) is 38.7 Å². The van der Waals surface area contributed by atoms with E-state index >= 15 is 0 Å². The van der Waals surface area contributed by atoms with E-state index in [0.29, 0.717) is 19.8 Å². The molecule has 142 valence electrons. The Hall–Kier alpha value is -1.76. The molecule has 7 heteroatoms. The van der Waals surface area contributed by atoms with E-state index < -0.39 is 5.60 Å². The average molecular weight is 352 g/mol. The molecule has 1 aliphatic heterocycles. The van der Waals surface area contributed by atoms with Gasteiger partial charge in [-0.25, -0.2) is 4.79 Å². The summed E-state index contributed by atoms with van der Waals surface area (Å²) in [5.74, 6) is 0. The predicted molar refractivity (Wildman–Crippen MR) is 97.8 cm³/mol. The number of nitrogens with zero attached hydrogens (tertiary/aromatic N) is 3. The van der Waals surface area contributed by atoms with E-state index in [-0.39, 0.29) is 18.2 Å². The van der Waals surface area contributed by atoms with Crippen molar-refractivity contribution in [1.29, 1.82) is 0 Å². The van der Waals surface area contributed by atoms with Gasteiger partial charge in [0.2, 0.25) is 0 Å². The van der Waals surface area contributed by atoms with Gasteiger partial charge in [-0.15, -0.1) is 0 Å². The lowest BCUT2D eigenvalue weighted by Gasteiger charge is -2.37. The SMILES string of the molecule is CCc1nn(C)cc1NC(C)CC1COCCN1C(=O)OC(C)(C)C. The summed E-state index contributed by atoms with van der Waals surface area (Å²) in [4.78, 5) is 14.3. The predicted octanol–water partition coefficient (Wildman–Crippen LogP) is 2.81. The molecule has 25 heavy (non-hydrogen) atoms. The van der Waals surface area contributed by atoms with Gasteiger partial charge < -0.3 is 19.7 Å². The van der Waals surface area contributed by atoms with Gasteiger partial charge in [0.05, 0.1) is 30.6 Å². The number of ether oxygens (including phenoxy) is 2. The molecule has 1 N–H and O–H groups in total. The molecule has 2 rings (SSSR count). The maximum Gasteiger partial charge on any atom is 0.410 e. The van der Waals surface area contributed by atoms with Crippen molar-refractivity contribution in [3.8, 4) is 0 Å². The van der Waals surface area contributed by atoms with Gasteiger partial charge in [-0.3, -0.25) is 4.68 Å². The normalized spacial score (nSPS) is 19.6. The molecule has 1 saturated heterocycles. The number of morpholine rings is 1. The zero-order chi connectivity index (χ0) is 18.6. The van der Waals surface area contributed by atoms with Crippen molar-refractivity contribution in [2.24, 2.45) is 7.05 Å². The lowest BCUT2D eigenvalue weighted by molar-refractivity contribution is -0.0345. The molecule has 1 amide bonds. The minimum Gasteiger partial charge on any atom is -0.444 e. The van der Waals surface area contributed by atoms with Crippen LogP contribution in [0, 0.1) is 0 Å². The van der Waals surface area contributed by atoms with Crippen molar-refractivity contribution in [3.63, 3.8) is 0 Å². The van der Waals surface area contributed by atoms with Gasteiger partial charge in [0.15, 0.2) is 0 Å². The topological polar surface area (TPSA) is 68.6 Å². The van der Waals surface area contributed by atoms with Crippen LogP contribution in [0.15, 0.2) is 6.20 Å². The summed E-state index contributed by atoms with van der Waals surface area (Å²) in [6, 6.07) is 0.194. The summed E-state index contributed by atoms with van der Waals surface area (Å²) >= 11 is 0. The van der Waals surface area contributed by atoms with E-state index in [1.165, 1.54) is 0 Å². The number of amides is 1. The van der Waals surface area contributed by atoms with Crippen LogP contribution in [0.4, 0.5) is 10.5 Å². The molecule has 2 atom stereocenters. The van der Waals surface area contributed by atoms with E-state index in [1.54, 1.807) is 4.90 Å². The quantitative estimate of drug-likeness (QED) is 0.882. The second kappa shape index (κ2) is 8.08. The second-order valence-electron chi connectivity index (χ2n) is 7.70. The molecule has 1 aromatic heterocycles. The number of carbonyl (C=O) groups is 1. The Morgan fingerprint density at radius 1 is 1.52 bits per heavy atom. The Bertz CT molecular complexity index is 579. The zero-order valence-corrected chi connectivity index (χ0v) is 16.3. The Morgan fingerprint density at radius 3 is 2.88 bits per heavy atom. The van der Waals surface area contributed by atoms with E-state index in [2.05, 4.69) is 24.3 Å². The monoisotopic (exact) mass is 352 g/mol. The summed E-state index contributed by atoms with van der Waals surface area (Å²) in [5.41, 5.74) is 1.62. The molecule has 1 aliphatic rings. The second-order valence-corrected chi connectivity index (χ2v) is 7.70. The Morgan fingerprint density at radius 2 is 2.24 bits per heavy atom. The number of hydrogen-bond acceptors (Lipinski definition) is 5. The van der Waals surface area contributed by atoms with Gasteiger partial charge >= 0.3 is 6.09 Å². The standard InChI is InChI=1S/C18H32N4O3/c1-7-15-16(11-21(6)20-15)19-13(2)10-14-12-24-9-8-22(14)17(23)25-18(3,4)5/h11,13-14,19H,7-10,12H2,1-6H3. The first kappa shape index (κ1) is 19.6. The minimum atomic E-state index is -0.491. The summed E-state index contributed by atoms with van der Waals surface area (Å²) in [6.07, 6.45) is 3.41. The van der Waals surface area contributed by atoms with Crippen molar-refractivity contribution in [1.82, 2.24) is 14.7 Å². The van der Waals surface area contributed by atoms with Crippen LogP contribution < -0.4 is 5.32 Å². The number of carbonyl (C=O) groups excluding carboxylic acids is 1. The number of anilines is 1. The first-order chi connectivity index (χ1) is 11.7. The third-order valence-corrected chi connectivity index (χ3v) is 4.12. The molecule has 0 bridgehead atoms. The van der Waals surface area contributed by atoms with Gasteiger partial charge in [-0.05, 0) is 40.5 Å². The maximum absolute atomic E-state index is 12.5. The highest BCUT2D eigenvalue weighted by Crippen LogP contribution is 2.20. The molecule has 0 saturated carbocycles. The van der Waals surface area contributed by atoms with Crippen LogP contribution in [0.5, 0.6) is 0 Å². The molecular weight excluding hydrogens is 320 g/mol. The number of aromatic nitrogens is 2. The number of hydrogen-bond donors (Lipinski definition) is 1. The minimum absolute atomic E-state index is 0.00727. The first-order valence-corrected chi connectivity index (χ1v) is 9.06. The molecule has 2 unspecified atom stereocenters. The van der Waals surface area contributed by atoms with Crippen LogP contribution in [0.3, 0.4) is 0 Å². The summed E-state index contributed by atoms with van der Waals surface area (Å²) in [5, 5.41) is 7.98. The molecular formula is C18H32N4O3. The van der Waals surface area contributed by atoms with Crippen molar-refractivity contribution in [3.05, 3.63) is 11.9 Å². The van der Waals surface area contributed by atoms with Crippen molar-refractivity contribution >= 4 is 11.8 Å². The summed E-state index contributed by atoms with van der Waals surface area (Å²) in [6.45, 7) is 11.5. The third kappa shape index (κ3) is 5.63. The van der Waals surface area contributed by atoms with Crippen LogP contribution >= 0.6 is 0 Å². The highest BCUT2D eigenvalue weighted by Gasteiger charge is 2.32. The number of aryl methyl sites for hydroxylation is 2. The Kier molecular flexibility index (Phi) is 6.32. The van der Waals surface area contributed by atoms with Crippen LogP contribution in [0.25, 0.3) is 0 Å². The fraction of sp³-hybridized carbons (Fsp3) is 0.778. The number of rotatable bonds is 5. The van der Waals surface area contributed by atoms with Gasteiger partial charge in [-0.2, -0.15) is 5.10 Å². The summed E-state index contributed by atoms with van der Waals surface area (Å²) in [7, 11) is 1.92. The smallest absolute Gasteiger partial charge is 0.410 e. The fourth-order valence-corrected chi connectivity index (χ4v) is 3.06. The number of nitrogens with one attached hydrogen (secondary N) is 1. The molecule has 0 aliphatic carbocycles. The van der Waals surface area contributed by atoms with E-state index in [0.717, 1.165) is 24.2 Å². The van der Waals surface area contributed by atoms with Gasteiger partial charge in [0.1, 0.15) is 5.60 Å². The largest absolute Gasteiger partial charge is 0.444 e. The Balaban J connectivity index is 1.99. The lowest BCUT2D eigenvalue weighted by atomic mass is 10.1. The van der Waals surface area contributed by atoms with Crippen LogP contribution in [0.2, 0.25) is 0 Å². The molecule has 1 fully saturated rings. The third-order valence-electron chi connectivity index (χ3n) is 4.12. The van der Waals surface area contributed by atoms with Crippen molar-refractivity contribution in [2.45, 2.75) is 65.1 Å². The van der Waals surface area contributed by atoms with E-state index in [9.17, 15) is 4.79 Å². The highest BCUT2D eigenvalue weighted by atomic mass is 16.6. The molecule has 2 heterocycles. The molecule has 0 aromatic carbocycles.